The summed E-state index contributed by atoms with van der Waals surface area (Å²) in [6.07, 6.45) is 2.52. The lowest BCUT2D eigenvalue weighted by molar-refractivity contribution is -0.134. The molecule has 1 heterocycles. The third-order valence-corrected chi connectivity index (χ3v) is 3.33. The lowest BCUT2D eigenvalue weighted by Crippen LogP contribution is -2.40. The van der Waals surface area contributed by atoms with Crippen LogP contribution in [0.2, 0.25) is 0 Å². The highest BCUT2D eigenvalue weighted by atomic mass is 19.1. The Kier molecular flexibility index (Phi) is 2.72. The Morgan fingerprint density at radius 3 is 2.64 bits per heavy atom. The highest BCUT2D eigenvalue weighted by molar-refractivity contribution is 5.80. The Morgan fingerprint density at radius 2 is 2.14 bits per heavy atom. The highest BCUT2D eigenvalue weighted by Gasteiger charge is 2.36. The second-order valence-electron chi connectivity index (χ2n) is 4.37. The van der Waals surface area contributed by atoms with Crippen LogP contribution in [0, 0.1) is 5.92 Å². The van der Waals surface area contributed by atoms with Gasteiger partial charge in [-0.15, -0.1) is 0 Å². The van der Waals surface area contributed by atoms with E-state index in [0.29, 0.717) is 13.0 Å². The highest BCUT2D eigenvalue weighted by Crippen LogP contribution is 2.27. The Bertz CT molecular complexity index is 234. The van der Waals surface area contributed by atoms with Crippen molar-refractivity contribution in [3.05, 3.63) is 0 Å². The minimum atomic E-state index is -0.823. The topological polar surface area (TPSA) is 46.3 Å². The molecular formula is C10H17FN2O. The number of carbonyl (C=O) groups excluding carboxylic acids is 1. The van der Waals surface area contributed by atoms with Gasteiger partial charge >= 0.3 is 0 Å². The molecule has 0 aromatic heterocycles. The number of hydrogen-bond donors (Lipinski definition) is 1. The molecule has 2 fully saturated rings. The van der Waals surface area contributed by atoms with Crippen LogP contribution in [0.15, 0.2) is 0 Å². The summed E-state index contributed by atoms with van der Waals surface area (Å²) in [5.41, 5.74) is 5.84. The first-order valence-corrected chi connectivity index (χ1v) is 5.37. The second-order valence-corrected chi connectivity index (χ2v) is 4.37. The van der Waals surface area contributed by atoms with Crippen LogP contribution in [0.4, 0.5) is 4.39 Å². The standard InChI is InChI=1S/C10H17FN2O/c11-7-4-5-13(6-7)10(14)8-2-1-3-9(8)12/h7-9H,1-6,12H2. The third-order valence-electron chi connectivity index (χ3n) is 3.33. The molecule has 1 aliphatic heterocycles. The van der Waals surface area contributed by atoms with E-state index in [2.05, 4.69) is 0 Å². The van der Waals surface area contributed by atoms with Gasteiger partial charge in [-0.3, -0.25) is 4.79 Å². The van der Waals surface area contributed by atoms with Crippen LogP contribution in [-0.4, -0.2) is 36.1 Å². The van der Waals surface area contributed by atoms with Crippen LogP contribution in [0.3, 0.4) is 0 Å². The van der Waals surface area contributed by atoms with E-state index in [1.54, 1.807) is 4.90 Å². The van der Waals surface area contributed by atoms with Crippen molar-refractivity contribution in [1.29, 1.82) is 0 Å². The van der Waals surface area contributed by atoms with Crippen molar-refractivity contribution in [2.45, 2.75) is 37.9 Å². The Labute approximate surface area is 83.4 Å². The van der Waals surface area contributed by atoms with Crippen LogP contribution in [-0.2, 0) is 4.79 Å². The average Bonchev–Trinajstić information content (AvgIpc) is 2.73. The number of carbonyl (C=O) groups is 1. The van der Waals surface area contributed by atoms with E-state index in [1.165, 1.54) is 0 Å². The fourth-order valence-electron chi connectivity index (χ4n) is 2.45. The quantitative estimate of drug-likeness (QED) is 0.676. The molecule has 0 aromatic rings. The number of alkyl halides is 1. The lowest BCUT2D eigenvalue weighted by Gasteiger charge is -2.22. The first-order valence-electron chi connectivity index (χ1n) is 5.37. The zero-order chi connectivity index (χ0) is 10.1. The Hall–Kier alpha value is -0.640. The average molecular weight is 200 g/mol. The number of nitrogens with zero attached hydrogens (tertiary/aromatic N) is 1. The zero-order valence-electron chi connectivity index (χ0n) is 8.29. The number of rotatable bonds is 1. The molecule has 2 rings (SSSR count). The van der Waals surface area contributed by atoms with E-state index in [4.69, 9.17) is 5.73 Å². The van der Waals surface area contributed by atoms with Gasteiger partial charge in [-0.25, -0.2) is 4.39 Å². The predicted octanol–water partition coefficient (Wildman–Crippen LogP) is 0.684. The van der Waals surface area contributed by atoms with Gasteiger partial charge in [-0.2, -0.15) is 0 Å². The van der Waals surface area contributed by atoms with Gasteiger partial charge in [0.25, 0.3) is 0 Å². The molecule has 3 unspecified atom stereocenters. The molecule has 1 saturated carbocycles. The van der Waals surface area contributed by atoms with Crippen molar-refractivity contribution in [2.24, 2.45) is 11.7 Å². The van der Waals surface area contributed by atoms with E-state index in [0.717, 1.165) is 19.3 Å². The summed E-state index contributed by atoms with van der Waals surface area (Å²) in [7, 11) is 0. The maximum Gasteiger partial charge on any atom is 0.227 e. The van der Waals surface area contributed by atoms with Crippen LogP contribution >= 0.6 is 0 Å². The fraction of sp³-hybridized carbons (Fsp3) is 0.900. The molecule has 2 N–H and O–H groups in total. The molecule has 3 nitrogen and oxygen atoms in total. The number of halogens is 1. The van der Waals surface area contributed by atoms with E-state index in [-0.39, 0.29) is 24.4 Å². The van der Waals surface area contributed by atoms with Gasteiger partial charge in [0, 0.05) is 12.6 Å². The maximum atomic E-state index is 12.9. The second kappa shape index (κ2) is 3.85. The summed E-state index contributed by atoms with van der Waals surface area (Å²) in [6.45, 7) is 0.852. The van der Waals surface area contributed by atoms with Crippen molar-refractivity contribution in [3.63, 3.8) is 0 Å². The predicted molar refractivity (Wildman–Crippen MR) is 51.4 cm³/mol. The van der Waals surface area contributed by atoms with E-state index >= 15 is 0 Å². The van der Waals surface area contributed by atoms with Crippen molar-refractivity contribution in [2.75, 3.05) is 13.1 Å². The Balaban J connectivity index is 1.94. The number of nitrogens with two attached hydrogens (primary N) is 1. The molecule has 0 spiro atoms. The van der Waals surface area contributed by atoms with E-state index in [1.807, 2.05) is 0 Å². The number of amides is 1. The molecule has 0 aromatic carbocycles. The summed E-state index contributed by atoms with van der Waals surface area (Å²) in [4.78, 5) is 13.5. The summed E-state index contributed by atoms with van der Waals surface area (Å²) < 4.78 is 12.9. The molecule has 4 heteroatoms. The molecule has 1 saturated heterocycles. The minimum absolute atomic E-state index is 0.00108. The van der Waals surface area contributed by atoms with Gasteiger partial charge in [-0.1, -0.05) is 6.42 Å². The van der Waals surface area contributed by atoms with E-state index in [9.17, 15) is 9.18 Å². The van der Waals surface area contributed by atoms with Gasteiger partial charge < -0.3 is 10.6 Å². The van der Waals surface area contributed by atoms with Gasteiger partial charge in [-0.05, 0) is 19.3 Å². The number of hydrogen-bond acceptors (Lipinski definition) is 2. The summed E-state index contributed by atoms with van der Waals surface area (Å²) in [5.74, 6) is 0.0375. The smallest absolute Gasteiger partial charge is 0.227 e. The zero-order valence-corrected chi connectivity index (χ0v) is 8.29. The first-order chi connectivity index (χ1) is 6.68. The Morgan fingerprint density at radius 1 is 1.36 bits per heavy atom. The molecule has 2 aliphatic rings. The molecule has 1 aliphatic carbocycles. The van der Waals surface area contributed by atoms with Crippen molar-refractivity contribution in [1.82, 2.24) is 4.90 Å². The normalized spacial score (nSPS) is 37.9. The van der Waals surface area contributed by atoms with Gasteiger partial charge in [0.05, 0.1) is 12.5 Å². The largest absolute Gasteiger partial charge is 0.339 e. The van der Waals surface area contributed by atoms with Crippen molar-refractivity contribution >= 4 is 5.91 Å². The molecule has 0 bridgehead atoms. The monoisotopic (exact) mass is 200 g/mol. The molecular weight excluding hydrogens is 183 g/mol. The molecule has 80 valence electrons. The van der Waals surface area contributed by atoms with E-state index < -0.39 is 6.17 Å². The lowest BCUT2D eigenvalue weighted by atomic mass is 10.0. The third kappa shape index (κ3) is 1.75. The molecule has 3 atom stereocenters. The molecule has 14 heavy (non-hydrogen) atoms. The molecule has 0 radical (unpaired) electrons. The summed E-state index contributed by atoms with van der Waals surface area (Å²) in [6, 6.07) is 0.00108. The van der Waals surface area contributed by atoms with Crippen LogP contribution in [0.25, 0.3) is 0 Å². The summed E-state index contributed by atoms with van der Waals surface area (Å²) >= 11 is 0. The van der Waals surface area contributed by atoms with Gasteiger partial charge in [0.15, 0.2) is 0 Å². The number of likely N-dealkylation sites (tertiary alicyclic amines) is 1. The van der Waals surface area contributed by atoms with Crippen LogP contribution < -0.4 is 5.73 Å². The van der Waals surface area contributed by atoms with Gasteiger partial charge in [0.1, 0.15) is 6.17 Å². The van der Waals surface area contributed by atoms with Crippen molar-refractivity contribution < 1.29 is 9.18 Å². The minimum Gasteiger partial charge on any atom is -0.339 e. The molecule has 1 amide bonds. The van der Waals surface area contributed by atoms with Crippen molar-refractivity contribution in [3.8, 4) is 0 Å². The van der Waals surface area contributed by atoms with Crippen LogP contribution in [0.5, 0.6) is 0 Å². The van der Waals surface area contributed by atoms with Crippen LogP contribution in [0.1, 0.15) is 25.7 Å². The first kappa shape index (κ1) is 9.90. The summed E-state index contributed by atoms with van der Waals surface area (Å²) in [5, 5.41) is 0. The maximum absolute atomic E-state index is 12.9. The SMILES string of the molecule is NC1CCCC1C(=O)N1CCC(F)C1. The van der Waals surface area contributed by atoms with Gasteiger partial charge in [0.2, 0.25) is 5.91 Å². The fourth-order valence-corrected chi connectivity index (χ4v) is 2.45.